The van der Waals surface area contributed by atoms with Crippen LogP contribution >= 0.6 is 22.9 Å². The van der Waals surface area contributed by atoms with E-state index >= 15 is 0 Å². The van der Waals surface area contributed by atoms with Gasteiger partial charge in [-0.15, -0.1) is 10.2 Å². The summed E-state index contributed by atoms with van der Waals surface area (Å²) in [5.41, 5.74) is 0.700. The van der Waals surface area contributed by atoms with E-state index in [0.717, 1.165) is 29.9 Å². The molecule has 0 spiro atoms. The maximum absolute atomic E-state index is 12.3. The van der Waals surface area contributed by atoms with Crippen molar-refractivity contribution in [2.45, 2.75) is 19.4 Å². The van der Waals surface area contributed by atoms with Crippen molar-refractivity contribution in [2.24, 2.45) is 0 Å². The Morgan fingerprint density at radius 2 is 2.29 bits per heavy atom. The van der Waals surface area contributed by atoms with Gasteiger partial charge in [-0.25, -0.2) is 4.98 Å². The lowest BCUT2D eigenvalue weighted by molar-refractivity contribution is 0.101. The van der Waals surface area contributed by atoms with E-state index in [2.05, 4.69) is 20.5 Å². The maximum Gasteiger partial charge on any atom is 0.295 e. The lowest BCUT2D eigenvalue weighted by atomic mass is 10.3. The van der Waals surface area contributed by atoms with Crippen LogP contribution in [0.4, 0.5) is 5.13 Å². The molecule has 0 aliphatic carbocycles. The van der Waals surface area contributed by atoms with Crippen molar-refractivity contribution < 1.29 is 4.79 Å². The van der Waals surface area contributed by atoms with E-state index in [0.29, 0.717) is 21.5 Å². The predicted molar refractivity (Wildman–Crippen MR) is 80.9 cm³/mol. The van der Waals surface area contributed by atoms with Gasteiger partial charge in [0.2, 0.25) is 5.82 Å². The van der Waals surface area contributed by atoms with Crippen LogP contribution in [-0.4, -0.2) is 25.7 Å². The third kappa shape index (κ3) is 2.09. The van der Waals surface area contributed by atoms with E-state index < -0.39 is 0 Å². The molecule has 1 aliphatic heterocycles. The molecule has 0 fully saturated rings. The number of aryl methyl sites for hydroxylation is 1. The first kappa shape index (κ1) is 12.7. The Morgan fingerprint density at radius 3 is 3.14 bits per heavy atom. The van der Waals surface area contributed by atoms with Crippen LogP contribution in [0, 0.1) is 0 Å². The van der Waals surface area contributed by atoms with Gasteiger partial charge in [-0.3, -0.25) is 10.1 Å². The molecule has 0 atom stereocenters. The van der Waals surface area contributed by atoms with Gasteiger partial charge in [0.05, 0.1) is 9.72 Å². The van der Waals surface area contributed by atoms with Crippen LogP contribution in [-0.2, 0) is 13.0 Å². The number of amides is 1. The summed E-state index contributed by atoms with van der Waals surface area (Å²) >= 11 is 7.47. The highest BCUT2D eigenvalue weighted by Crippen LogP contribution is 2.30. The molecule has 0 unspecified atom stereocenters. The number of carbonyl (C=O) groups is 1. The molecule has 1 aromatic carbocycles. The summed E-state index contributed by atoms with van der Waals surface area (Å²) in [4.78, 5) is 16.6. The summed E-state index contributed by atoms with van der Waals surface area (Å²) in [5.74, 6) is 0.922. The number of para-hydroxylation sites is 1. The lowest BCUT2D eigenvalue weighted by Gasteiger charge is -2.01. The number of benzene rings is 1. The van der Waals surface area contributed by atoms with Gasteiger partial charge in [-0.05, 0) is 18.6 Å². The number of thiazole rings is 1. The highest BCUT2D eigenvalue weighted by Gasteiger charge is 2.23. The van der Waals surface area contributed by atoms with E-state index in [1.54, 1.807) is 6.07 Å². The normalized spacial score (nSPS) is 13.6. The smallest absolute Gasteiger partial charge is 0.295 e. The number of aromatic nitrogens is 4. The average molecular weight is 320 g/mol. The molecule has 0 radical (unpaired) electrons. The first-order chi connectivity index (χ1) is 10.2. The predicted octanol–water partition coefficient (Wildman–Crippen LogP) is 2.74. The number of halogens is 1. The molecule has 1 aliphatic rings. The maximum atomic E-state index is 12.3. The Labute approximate surface area is 128 Å². The Bertz CT molecular complexity index is 855. The SMILES string of the molecule is O=C(Nc1nc2c(Cl)cccc2s1)c1nnc2n1CCC2. The van der Waals surface area contributed by atoms with Crippen molar-refractivity contribution in [1.29, 1.82) is 0 Å². The zero-order chi connectivity index (χ0) is 14.4. The summed E-state index contributed by atoms with van der Waals surface area (Å²) in [6, 6.07) is 5.56. The highest BCUT2D eigenvalue weighted by atomic mass is 35.5. The summed E-state index contributed by atoms with van der Waals surface area (Å²) in [6.45, 7) is 0.788. The molecule has 4 rings (SSSR count). The molecule has 3 aromatic rings. The first-order valence-electron chi connectivity index (χ1n) is 6.51. The van der Waals surface area contributed by atoms with Crippen LogP contribution in [0.5, 0.6) is 0 Å². The van der Waals surface area contributed by atoms with E-state index in [4.69, 9.17) is 11.6 Å². The standard InChI is InChI=1S/C13H10ClN5OS/c14-7-3-1-4-8-10(7)15-13(21-8)16-12(20)11-18-17-9-5-2-6-19(9)11/h1,3-4H,2,5-6H2,(H,15,16,20). The number of hydrogen-bond acceptors (Lipinski definition) is 5. The van der Waals surface area contributed by atoms with Gasteiger partial charge in [0.25, 0.3) is 5.91 Å². The quantitative estimate of drug-likeness (QED) is 0.788. The van der Waals surface area contributed by atoms with Crippen molar-refractivity contribution in [2.75, 3.05) is 5.32 Å². The van der Waals surface area contributed by atoms with Gasteiger partial charge in [0, 0.05) is 13.0 Å². The minimum absolute atomic E-state index is 0.286. The largest absolute Gasteiger partial charge is 0.307 e. The molecule has 0 saturated carbocycles. The van der Waals surface area contributed by atoms with Crippen LogP contribution in [0.2, 0.25) is 5.02 Å². The van der Waals surface area contributed by atoms with Crippen LogP contribution < -0.4 is 5.32 Å². The third-order valence-electron chi connectivity index (χ3n) is 3.40. The van der Waals surface area contributed by atoms with Gasteiger partial charge in [0.1, 0.15) is 11.3 Å². The Kier molecular flexibility index (Phi) is 2.90. The number of hydrogen-bond donors (Lipinski definition) is 1. The fraction of sp³-hybridized carbons (Fsp3) is 0.231. The fourth-order valence-electron chi connectivity index (χ4n) is 2.44. The van der Waals surface area contributed by atoms with Crippen molar-refractivity contribution >= 4 is 44.2 Å². The second-order valence-corrected chi connectivity index (χ2v) is 6.19. The Morgan fingerprint density at radius 1 is 1.38 bits per heavy atom. The number of nitrogens with one attached hydrogen (secondary N) is 1. The average Bonchev–Trinajstić information content (AvgIpc) is 3.11. The highest BCUT2D eigenvalue weighted by molar-refractivity contribution is 7.22. The van der Waals surface area contributed by atoms with Crippen LogP contribution in [0.3, 0.4) is 0 Å². The fourth-order valence-corrected chi connectivity index (χ4v) is 3.60. The molecule has 0 bridgehead atoms. The molecule has 6 nitrogen and oxygen atoms in total. The number of rotatable bonds is 2. The molecule has 1 N–H and O–H groups in total. The monoisotopic (exact) mass is 319 g/mol. The van der Waals surface area contributed by atoms with Crippen molar-refractivity contribution in [1.82, 2.24) is 19.7 Å². The first-order valence-corrected chi connectivity index (χ1v) is 7.70. The van der Waals surface area contributed by atoms with E-state index in [1.807, 2.05) is 16.7 Å². The second kappa shape index (κ2) is 4.78. The summed E-state index contributed by atoms with van der Waals surface area (Å²) in [6.07, 6.45) is 1.87. The van der Waals surface area contributed by atoms with E-state index in [-0.39, 0.29) is 5.91 Å². The van der Waals surface area contributed by atoms with Crippen molar-refractivity contribution in [3.8, 4) is 0 Å². The number of carbonyl (C=O) groups excluding carboxylic acids is 1. The van der Waals surface area contributed by atoms with Crippen LogP contribution in [0.1, 0.15) is 22.9 Å². The molecule has 3 heterocycles. The van der Waals surface area contributed by atoms with Crippen LogP contribution in [0.25, 0.3) is 10.2 Å². The van der Waals surface area contributed by atoms with Gasteiger partial charge < -0.3 is 4.57 Å². The molecule has 2 aromatic heterocycles. The molecule has 106 valence electrons. The zero-order valence-corrected chi connectivity index (χ0v) is 12.4. The zero-order valence-electron chi connectivity index (χ0n) is 10.8. The Hall–Kier alpha value is -1.99. The van der Waals surface area contributed by atoms with Gasteiger partial charge >= 0.3 is 0 Å². The summed E-state index contributed by atoms with van der Waals surface area (Å²) in [7, 11) is 0. The second-order valence-electron chi connectivity index (χ2n) is 4.75. The Balaban J connectivity index is 1.65. The lowest BCUT2D eigenvalue weighted by Crippen LogP contribution is -2.17. The molecule has 0 saturated heterocycles. The van der Waals surface area contributed by atoms with Crippen LogP contribution in [0.15, 0.2) is 18.2 Å². The molecule has 8 heteroatoms. The topological polar surface area (TPSA) is 72.7 Å². The van der Waals surface area contributed by atoms with Crippen molar-refractivity contribution in [3.05, 3.63) is 34.9 Å². The summed E-state index contributed by atoms with van der Waals surface area (Å²) in [5, 5.41) is 11.9. The number of fused-ring (bicyclic) bond motifs is 2. The molecule has 21 heavy (non-hydrogen) atoms. The van der Waals surface area contributed by atoms with E-state index in [9.17, 15) is 4.79 Å². The minimum atomic E-state index is -0.286. The number of nitrogens with zero attached hydrogens (tertiary/aromatic N) is 4. The van der Waals surface area contributed by atoms with E-state index in [1.165, 1.54) is 11.3 Å². The van der Waals surface area contributed by atoms with Gasteiger partial charge in [-0.1, -0.05) is 29.0 Å². The molecular weight excluding hydrogens is 310 g/mol. The van der Waals surface area contributed by atoms with Gasteiger partial charge in [0.15, 0.2) is 5.13 Å². The third-order valence-corrected chi connectivity index (χ3v) is 4.64. The van der Waals surface area contributed by atoms with Gasteiger partial charge in [-0.2, -0.15) is 0 Å². The van der Waals surface area contributed by atoms with Crippen molar-refractivity contribution in [3.63, 3.8) is 0 Å². The summed E-state index contributed by atoms with van der Waals surface area (Å²) < 4.78 is 2.79. The molecule has 1 amide bonds. The number of anilines is 1. The minimum Gasteiger partial charge on any atom is -0.307 e. The molecular formula is C13H10ClN5OS.